The molecule has 0 saturated carbocycles. The van der Waals surface area contributed by atoms with Gasteiger partial charge < -0.3 is 10.1 Å². The van der Waals surface area contributed by atoms with Crippen LogP contribution in [0.1, 0.15) is 35.2 Å². The second-order valence-corrected chi connectivity index (χ2v) is 12.7. The first-order valence-corrected chi connectivity index (χ1v) is 17.4. The average molecular weight is 723 g/mol. The molecule has 0 spiro atoms. The fourth-order valence-electron chi connectivity index (χ4n) is 5.07. The van der Waals surface area contributed by atoms with E-state index in [0.717, 1.165) is 28.5 Å². The molecule has 0 unspecified atom stereocenters. The monoisotopic (exact) mass is 721 g/mol. The summed E-state index contributed by atoms with van der Waals surface area (Å²) in [5, 5.41) is 4.14. The highest BCUT2D eigenvalue weighted by atomic mass is 35.5. The Bertz CT molecular complexity index is 1970. The molecule has 1 aliphatic heterocycles. The Morgan fingerprint density at radius 3 is 2.26 bits per heavy atom. The molecule has 4 aromatic rings. The number of amidine groups is 1. The Morgan fingerprint density at radius 2 is 1.62 bits per heavy atom. The molecule has 252 valence electrons. The van der Waals surface area contributed by atoms with Gasteiger partial charge in [-0.25, -0.2) is 0 Å². The van der Waals surface area contributed by atoms with Crippen molar-refractivity contribution >= 4 is 63.9 Å². The summed E-state index contributed by atoms with van der Waals surface area (Å²) in [6, 6.07) is 31.0. The Hall–Kier alpha value is -5.15. The fourth-order valence-corrected chi connectivity index (χ4v) is 6.35. The molecule has 7 nitrogen and oxygen atoms in total. The summed E-state index contributed by atoms with van der Waals surface area (Å²) in [6.45, 7) is 5.63. The van der Waals surface area contributed by atoms with Gasteiger partial charge in [-0.2, -0.15) is 4.99 Å². The summed E-state index contributed by atoms with van der Waals surface area (Å²) < 4.78 is 6.06. The van der Waals surface area contributed by atoms with Crippen molar-refractivity contribution in [3.63, 3.8) is 0 Å². The number of hydrogen-bond donors (Lipinski definition) is 1. The van der Waals surface area contributed by atoms with E-state index in [2.05, 4.69) is 16.9 Å². The number of para-hydroxylation sites is 1. The highest BCUT2D eigenvalue weighted by Gasteiger charge is 2.35. The lowest BCUT2D eigenvalue weighted by molar-refractivity contribution is -0.126. The standard InChI is InChI=1S/C40H33Cl2N3O4S/c1-3-5-19-32(4-2)45-39(48)33(23-29-18-12-13-20-35(29)49-25-30-21-22-31(41)24-34(30)42)38(47)44-40(45)50-26-36(46)43-37(27-14-8-6-9-15-27)28-16-10-7-11-17-28/h3-24,37H,1,25-26H2,2H3,(H,43,46)/b19-5-,32-4+,33-23+. The fraction of sp³-hybridized carbons (Fsp3) is 0.100. The quantitative estimate of drug-likeness (QED) is 0.0897. The van der Waals surface area contributed by atoms with Gasteiger partial charge in [-0.1, -0.05) is 145 Å². The van der Waals surface area contributed by atoms with Gasteiger partial charge in [-0.3, -0.25) is 19.3 Å². The van der Waals surface area contributed by atoms with Gasteiger partial charge >= 0.3 is 0 Å². The summed E-state index contributed by atoms with van der Waals surface area (Å²) in [4.78, 5) is 46.7. The first-order chi connectivity index (χ1) is 24.3. The lowest BCUT2D eigenvalue weighted by Crippen LogP contribution is -2.42. The predicted molar refractivity (Wildman–Crippen MR) is 203 cm³/mol. The van der Waals surface area contributed by atoms with Crippen molar-refractivity contribution in [1.82, 2.24) is 10.2 Å². The van der Waals surface area contributed by atoms with Crippen LogP contribution in [0.15, 0.2) is 150 Å². The molecule has 0 fully saturated rings. The summed E-state index contributed by atoms with van der Waals surface area (Å²) in [5.74, 6) is -1.30. The van der Waals surface area contributed by atoms with E-state index in [0.29, 0.717) is 27.1 Å². The molecule has 0 atom stereocenters. The molecule has 0 aromatic heterocycles. The first-order valence-electron chi connectivity index (χ1n) is 15.6. The van der Waals surface area contributed by atoms with Crippen molar-refractivity contribution in [1.29, 1.82) is 0 Å². The van der Waals surface area contributed by atoms with Crippen molar-refractivity contribution in [2.45, 2.75) is 19.6 Å². The van der Waals surface area contributed by atoms with E-state index in [1.165, 1.54) is 11.0 Å². The van der Waals surface area contributed by atoms with Crippen LogP contribution in [-0.2, 0) is 21.0 Å². The topological polar surface area (TPSA) is 88.1 Å². The number of benzene rings is 4. The van der Waals surface area contributed by atoms with Crippen molar-refractivity contribution in [2.75, 3.05) is 5.75 Å². The van der Waals surface area contributed by atoms with Gasteiger partial charge in [0, 0.05) is 26.9 Å². The molecule has 5 rings (SSSR count). The van der Waals surface area contributed by atoms with Gasteiger partial charge in [-0.05, 0) is 48.4 Å². The molecule has 0 aliphatic carbocycles. The molecule has 0 radical (unpaired) electrons. The molecule has 50 heavy (non-hydrogen) atoms. The molecule has 1 aliphatic rings. The van der Waals surface area contributed by atoms with Crippen LogP contribution in [0, 0.1) is 0 Å². The number of aliphatic imine (C=N–C) groups is 1. The Balaban J connectivity index is 1.41. The van der Waals surface area contributed by atoms with Crippen molar-refractivity contribution in [2.24, 2.45) is 4.99 Å². The summed E-state index contributed by atoms with van der Waals surface area (Å²) >= 11 is 13.4. The molecular weight excluding hydrogens is 689 g/mol. The molecule has 3 amide bonds. The summed E-state index contributed by atoms with van der Waals surface area (Å²) in [7, 11) is 0. The minimum absolute atomic E-state index is 0.0759. The number of nitrogens with one attached hydrogen (secondary N) is 1. The number of hydrogen-bond acceptors (Lipinski definition) is 5. The maximum Gasteiger partial charge on any atom is 0.285 e. The van der Waals surface area contributed by atoms with Crippen molar-refractivity contribution in [3.05, 3.63) is 178 Å². The molecule has 1 N–H and O–H groups in total. The minimum atomic E-state index is -0.737. The third-order valence-electron chi connectivity index (χ3n) is 7.53. The molecule has 0 saturated heterocycles. The zero-order valence-corrected chi connectivity index (χ0v) is 29.4. The van der Waals surface area contributed by atoms with E-state index in [-0.39, 0.29) is 29.0 Å². The number of rotatable bonds is 12. The number of ether oxygens (including phenoxy) is 1. The number of halogens is 2. The number of thioether (sulfide) groups is 1. The van der Waals surface area contributed by atoms with E-state index in [1.807, 2.05) is 60.7 Å². The zero-order valence-electron chi connectivity index (χ0n) is 27.1. The van der Waals surface area contributed by atoms with Gasteiger partial charge in [-0.15, -0.1) is 0 Å². The van der Waals surface area contributed by atoms with Crippen LogP contribution < -0.4 is 10.1 Å². The highest BCUT2D eigenvalue weighted by Crippen LogP contribution is 2.30. The van der Waals surface area contributed by atoms with E-state index in [1.54, 1.807) is 73.7 Å². The van der Waals surface area contributed by atoms with Crippen LogP contribution >= 0.6 is 35.0 Å². The van der Waals surface area contributed by atoms with Crippen LogP contribution in [0.25, 0.3) is 6.08 Å². The van der Waals surface area contributed by atoms with Crippen molar-refractivity contribution < 1.29 is 19.1 Å². The van der Waals surface area contributed by atoms with Gasteiger partial charge in [0.05, 0.1) is 11.8 Å². The number of nitrogens with zero attached hydrogens (tertiary/aromatic N) is 2. The van der Waals surface area contributed by atoms with Crippen LogP contribution in [0.5, 0.6) is 5.75 Å². The lowest BCUT2D eigenvalue weighted by atomic mass is 9.99. The van der Waals surface area contributed by atoms with E-state index in [4.69, 9.17) is 27.9 Å². The third-order valence-corrected chi connectivity index (χ3v) is 9.06. The zero-order chi connectivity index (χ0) is 35.5. The summed E-state index contributed by atoms with van der Waals surface area (Å²) in [5.41, 5.74) is 3.33. The maximum atomic E-state index is 14.1. The van der Waals surface area contributed by atoms with Crippen LogP contribution in [-0.4, -0.2) is 33.5 Å². The van der Waals surface area contributed by atoms with E-state index in [9.17, 15) is 14.4 Å². The Labute approximate surface area is 305 Å². The van der Waals surface area contributed by atoms with Crippen molar-refractivity contribution in [3.8, 4) is 5.75 Å². The van der Waals surface area contributed by atoms with E-state index >= 15 is 0 Å². The Kier molecular flexibility index (Phi) is 12.6. The molecular formula is C40H33Cl2N3O4S. The molecule has 4 aromatic carbocycles. The summed E-state index contributed by atoms with van der Waals surface area (Å²) in [6.07, 6.45) is 8.11. The smallest absolute Gasteiger partial charge is 0.285 e. The average Bonchev–Trinajstić information content (AvgIpc) is 3.13. The number of carbonyl (C=O) groups is 3. The second kappa shape index (κ2) is 17.5. The van der Waals surface area contributed by atoms with Crippen LogP contribution in [0.3, 0.4) is 0 Å². The molecule has 10 heteroatoms. The van der Waals surface area contributed by atoms with Gasteiger partial charge in [0.1, 0.15) is 17.9 Å². The highest BCUT2D eigenvalue weighted by molar-refractivity contribution is 8.14. The van der Waals surface area contributed by atoms with Gasteiger partial charge in [0.2, 0.25) is 5.91 Å². The van der Waals surface area contributed by atoms with E-state index < -0.39 is 17.9 Å². The molecule has 0 bridgehead atoms. The first kappa shape index (κ1) is 36.1. The third kappa shape index (κ3) is 9.09. The maximum absolute atomic E-state index is 14.1. The SMILES string of the molecule is C=C/C=C\C(=C/C)N1C(=O)/C(=C/c2ccccc2OCc2ccc(Cl)cc2Cl)C(=O)N=C1SCC(=O)NC(c1ccccc1)c1ccccc1. The predicted octanol–water partition coefficient (Wildman–Crippen LogP) is 8.97. The Morgan fingerprint density at radius 1 is 0.960 bits per heavy atom. The van der Waals surface area contributed by atoms with Gasteiger partial charge in [0.25, 0.3) is 11.8 Å². The number of amides is 3. The largest absolute Gasteiger partial charge is 0.488 e. The minimum Gasteiger partial charge on any atom is -0.488 e. The molecule has 1 heterocycles. The van der Waals surface area contributed by atoms with Gasteiger partial charge in [0.15, 0.2) is 5.17 Å². The number of allylic oxidation sites excluding steroid dienone is 4. The normalized spacial score (nSPS) is 14.3. The lowest BCUT2D eigenvalue weighted by Gasteiger charge is -2.28. The van der Waals surface area contributed by atoms with Crippen LogP contribution in [0.2, 0.25) is 10.0 Å². The number of carbonyl (C=O) groups excluding carboxylic acids is 3. The van der Waals surface area contributed by atoms with Crippen LogP contribution in [0.4, 0.5) is 0 Å². The second-order valence-electron chi connectivity index (χ2n) is 10.9.